The lowest BCUT2D eigenvalue weighted by atomic mass is 10.4. The minimum atomic E-state index is -0.761. The van der Waals surface area contributed by atoms with Crippen molar-refractivity contribution >= 4 is 17.0 Å². The van der Waals surface area contributed by atoms with Crippen LogP contribution in [0.5, 0.6) is 0 Å². The van der Waals surface area contributed by atoms with Crippen molar-refractivity contribution in [1.82, 2.24) is 14.8 Å². The van der Waals surface area contributed by atoms with E-state index in [4.69, 9.17) is 4.42 Å². The molecule has 0 amide bonds. The molecule has 0 radical (unpaired) electrons. The number of aromatic nitrogens is 3. The van der Waals surface area contributed by atoms with Gasteiger partial charge in [0.25, 0.3) is 0 Å². The topological polar surface area (TPSA) is 87.2 Å². The van der Waals surface area contributed by atoms with E-state index in [0.29, 0.717) is 5.65 Å². The third-order valence-electron chi connectivity index (χ3n) is 1.97. The molecule has 0 fully saturated rings. The number of fused-ring (bicyclic) bond motifs is 1. The third kappa shape index (κ3) is 1.56. The first-order valence-electron chi connectivity index (χ1n) is 4.63. The van der Waals surface area contributed by atoms with Gasteiger partial charge in [-0.1, -0.05) is 0 Å². The van der Waals surface area contributed by atoms with Crippen molar-refractivity contribution in [2.45, 2.75) is 6.92 Å². The van der Waals surface area contributed by atoms with Crippen molar-refractivity contribution < 1.29 is 13.9 Å². The molecule has 0 aromatic carbocycles. The smallest absolute Gasteiger partial charge is 0.394 e. The first kappa shape index (κ1) is 10.3. The summed E-state index contributed by atoms with van der Waals surface area (Å²) in [5.41, 5.74) is -0.361. The molecular weight excluding hydrogens is 214 g/mol. The first-order chi connectivity index (χ1) is 7.63. The summed E-state index contributed by atoms with van der Waals surface area (Å²) in [5, 5.41) is 4.08. The van der Waals surface area contributed by atoms with Crippen molar-refractivity contribution in [1.29, 1.82) is 0 Å². The van der Waals surface area contributed by atoms with Crippen LogP contribution in [-0.4, -0.2) is 27.3 Å². The lowest BCUT2D eigenvalue weighted by Gasteiger charge is -1.99. The predicted octanol–water partition coefficient (Wildman–Crippen LogP) is 0.0982. The molecule has 2 heterocycles. The van der Waals surface area contributed by atoms with Gasteiger partial charge in [-0.2, -0.15) is 10.1 Å². The second kappa shape index (κ2) is 3.76. The summed E-state index contributed by atoms with van der Waals surface area (Å²) in [6, 6.07) is 0. The van der Waals surface area contributed by atoms with Crippen LogP contribution < -0.4 is 5.63 Å². The molecule has 0 atom stereocenters. The van der Waals surface area contributed by atoms with Crippen molar-refractivity contribution in [2.75, 3.05) is 6.61 Å². The summed E-state index contributed by atoms with van der Waals surface area (Å²) < 4.78 is 10.8. The lowest BCUT2D eigenvalue weighted by Crippen LogP contribution is -2.13. The van der Waals surface area contributed by atoms with Crippen LogP contribution >= 0.6 is 0 Å². The van der Waals surface area contributed by atoms with E-state index in [1.807, 2.05) is 0 Å². The monoisotopic (exact) mass is 223 g/mol. The normalized spacial score (nSPS) is 10.6. The molecular formula is C9H9N3O4. The molecule has 0 saturated carbocycles. The maximum atomic E-state index is 11.5. The fourth-order valence-corrected chi connectivity index (χ4v) is 1.25. The molecule has 2 rings (SSSR count). The summed E-state index contributed by atoms with van der Waals surface area (Å²) in [7, 11) is 1.61. The van der Waals surface area contributed by atoms with Gasteiger partial charge < -0.3 is 9.15 Å². The van der Waals surface area contributed by atoms with Gasteiger partial charge in [0.1, 0.15) is 5.39 Å². The average molecular weight is 223 g/mol. The first-order valence-corrected chi connectivity index (χ1v) is 4.63. The van der Waals surface area contributed by atoms with Crippen molar-refractivity contribution in [3.05, 3.63) is 22.5 Å². The molecule has 0 N–H and O–H groups in total. The van der Waals surface area contributed by atoms with Crippen LogP contribution in [-0.2, 0) is 11.8 Å². The molecule has 7 heteroatoms. The number of carbonyl (C=O) groups excluding carboxylic acids is 1. The second-order valence-electron chi connectivity index (χ2n) is 3.03. The zero-order valence-electron chi connectivity index (χ0n) is 8.76. The number of ether oxygens (including phenoxy) is 1. The number of nitrogens with zero attached hydrogens (tertiary/aromatic N) is 3. The Bertz CT molecular complexity index is 598. The number of carbonyl (C=O) groups is 1. The van der Waals surface area contributed by atoms with E-state index in [2.05, 4.69) is 14.8 Å². The summed E-state index contributed by atoms with van der Waals surface area (Å²) in [4.78, 5) is 26.7. The van der Waals surface area contributed by atoms with Gasteiger partial charge in [-0.3, -0.25) is 4.68 Å². The zero-order chi connectivity index (χ0) is 11.7. The largest absolute Gasteiger partial charge is 0.459 e. The fraction of sp³-hybridized carbons (Fsp3) is 0.333. The highest BCUT2D eigenvalue weighted by Gasteiger charge is 2.16. The Morgan fingerprint density at radius 2 is 2.38 bits per heavy atom. The third-order valence-corrected chi connectivity index (χ3v) is 1.97. The van der Waals surface area contributed by atoms with Gasteiger partial charge in [0.15, 0.2) is 5.65 Å². The van der Waals surface area contributed by atoms with Crippen LogP contribution in [0.15, 0.2) is 15.4 Å². The van der Waals surface area contributed by atoms with Crippen molar-refractivity contribution in [3.8, 4) is 0 Å². The summed E-state index contributed by atoms with van der Waals surface area (Å²) in [5.74, 6) is -1.12. The van der Waals surface area contributed by atoms with Crippen LogP contribution in [0, 0.1) is 0 Å². The number of hydrogen-bond acceptors (Lipinski definition) is 6. The van der Waals surface area contributed by atoms with E-state index >= 15 is 0 Å². The molecule has 0 bridgehead atoms. The minimum absolute atomic E-state index is 0.188. The Kier molecular flexibility index (Phi) is 2.43. The molecule has 16 heavy (non-hydrogen) atoms. The predicted molar refractivity (Wildman–Crippen MR) is 53.0 cm³/mol. The molecule has 0 unspecified atom stereocenters. The summed E-state index contributed by atoms with van der Waals surface area (Å²) in [6.07, 6.45) is 1.34. The van der Waals surface area contributed by atoms with Crippen LogP contribution in [0.2, 0.25) is 0 Å². The Hall–Kier alpha value is -2.18. The highest BCUT2D eigenvalue weighted by atomic mass is 16.5. The van der Waals surface area contributed by atoms with E-state index in [1.54, 1.807) is 14.0 Å². The number of hydrogen-bond donors (Lipinski definition) is 0. The molecule has 2 aromatic heterocycles. The molecule has 0 aliphatic carbocycles. The SMILES string of the molecule is CCOC(=O)c1nc2c(cnn2C)c(=O)o1. The molecule has 0 aliphatic heterocycles. The molecule has 0 spiro atoms. The van der Waals surface area contributed by atoms with Gasteiger partial charge in [-0.05, 0) is 6.92 Å². The average Bonchev–Trinajstić information content (AvgIpc) is 2.61. The fourth-order valence-electron chi connectivity index (χ4n) is 1.25. The lowest BCUT2D eigenvalue weighted by molar-refractivity contribution is 0.0474. The van der Waals surface area contributed by atoms with Gasteiger partial charge in [-0.15, -0.1) is 0 Å². The van der Waals surface area contributed by atoms with Crippen LogP contribution in [0.1, 0.15) is 17.6 Å². The van der Waals surface area contributed by atoms with Crippen molar-refractivity contribution in [2.24, 2.45) is 7.05 Å². The van der Waals surface area contributed by atoms with E-state index in [9.17, 15) is 9.59 Å². The second-order valence-corrected chi connectivity index (χ2v) is 3.03. The maximum Gasteiger partial charge on any atom is 0.394 e. The minimum Gasteiger partial charge on any atom is -0.459 e. The van der Waals surface area contributed by atoms with Crippen LogP contribution in [0.4, 0.5) is 0 Å². The van der Waals surface area contributed by atoms with Gasteiger partial charge in [0.05, 0.1) is 12.8 Å². The maximum absolute atomic E-state index is 11.5. The van der Waals surface area contributed by atoms with Gasteiger partial charge in [0.2, 0.25) is 0 Å². The highest BCUT2D eigenvalue weighted by molar-refractivity contribution is 5.86. The van der Waals surface area contributed by atoms with E-state index in [0.717, 1.165) is 0 Å². The Labute approximate surface area is 89.6 Å². The standard InChI is InChI=1S/C9H9N3O4/c1-3-15-9(14)7-11-6-5(8(13)16-7)4-10-12(6)2/h4H,3H2,1-2H3. The van der Waals surface area contributed by atoms with Gasteiger partial charge in [-0.25, -0.2) is 9.59 Å². The number of esters is 1. The number of rotatable bonds is 2. The highest BCUT2D eigenvalue weighted by Crippen LogP contribution is 2.06. The van der Waals surface area contributed by atoms with Crippen LogP contribution in [0.25, 0.3) is 11.0 Å². The molecule has 0 saturated heterocycles. The molecule has 7 nitrogen and oxygen atoms in total. The van der Waals surface area contributed by atoms with Gasteiger partial charge >= 0.3 is 17.5 Å². The zero-order valence-corrected chi connectivity index (χ0v) is 8.76. The van der Waals surface area contributed by atoms with E-state index < -0.39 is 11.6 Å². The molecule has 2 aromatic rings. The Morgan fingerprint density at radius 3 is 3.06 bits per heavy atom. The van der Waals surface area contributed by atoms with Gasteiger partial charge in [0, 0.05) is 7.05 Å². The molecule has 0 aliphatic rings. The van der Waals surface area contributed by atoms with Crippen molar-refractivity contribution in [3.63, 3.8) is 0 Å². The Balaban J connectivity index is 2.61. The summed E-state index contributed by atoms with van der Waals surface area (Å²) in [6.45, 7) is 1.84. The van der Waals surface area contributed by atoms with Crippen LogP contribution in [0.3, 0.4) is 0 Å². The van der Waals surface area contributed by atoms with E-state index in [-0.39, 0.29) is 17.9 Å². The number of aryl methyl sites for hydroxylation is 1. The summed E-state index contributed by atoms with van der Waals surface area (Å²) >= 11 is 0. The Morgan fingerprint density at radius 1 is 1.62 bits per heavy atom. The quantitative estimate of drug-likeness (QED) is 0.671. The van der Waals surface area contributed by atoms with E-state index in [1.165, 1.54) is 10.9 Å². The molecule has 84 valence electrons.